The fourth-order valence-corrected chi connectivity index (χ4v) is 3.03. The van der Waals surface area contributed by atoms with Crippen LogP contribution in [0.5, 0.6) is 11.5 Å². The molecular formula is C20H25N3O4. The van der Waals surface area contributed by atoms with E-state index in [-0.39, 0.29) is 5.91 Å². The Balaban J connectivity index is 1.61. The van der Waals surface area contributed by atoms with Crippen LogP contribution in [-0.2, 0) is 0 Å². The molecule has 0 spiro atoms. The molecule has 7 heteroatoms. The zero-order chi connectivity index (χ0) is 19.1. The van der Waals surface area contributed by atoms with Crippen molar-refractivity contribution in [3.63, 3.8) is 0 Å². The minimum absolute atomic E-state index is 0.359. The first kappa shape index (κ1) is 18.8. The zero-order valence-electron chi connectivity index (χ0n) is 15.7. The summed E-state index contributed by atoms with van der Waals surface area (Å²) in [5, 5.41) is 3.99. The van der Waals surface area contributed by atoms with Crippen molar-refractivity contribution in [2.45, 2.75) is 25.7 Å². The van der Waals surface area contributed by atoms with Gasteiger partial charge in [-0.05, 0) is 31.0 Å². The standard InChI is InChI=1S/C20H25N3O4/c1-25-17-11-15(12-18(13-17)26-2)20(24)22-21-14-16-7-8-19(27-16)23-9-5-3-4-6-10-23/h7-8,11-14H,3-6,9-10H2,1-2H3,(H,22,24)/b21-14-. The van der Waals surface area contributed by atoms with Gasteiger partial charge in [0.15, 0.2) is 5.88 Å². The quantitative estimate of drug-likeness (QED) is 0.622. The van der Waals surface area contributed by atoms with E-state index in [1.54, 1.807) is 18.2 Å². The fraction of sp³-hybridized carbons (Fsp3) is 0.400. The molecule has 1 aliphatic heterocycles. The normalized spacial score (nSPS) is 14.8. The fourth-order valence-electron chi connectivity index (χ4n) is 3.03. The lowest BCUT2D eigenvalue weighted by Gasteiger charge is -2.18. The monoisotopic (exact) mass is 371 g/mol. The Kier molecular flexibility index (Phi) is 6.35. The number of methoxy groups -OCH3 is 2. The number of hydrazone groups is 1. The third-order valence-corrected chi connectivity index (χ3v) is 4.50. The number of furan rings is 1. The van der Waals surface area contributed by atoms with Gasteiger partial charge in [0.25, 0.3) is 5.91 Å². The predicted octanol–water partition coefficient (Wildman–Crippen LogP) is 3.44. The van der Waals surface area contributed by atoms with Crippen LogP contribution in [0.25, 0.3) is 0 Å². The van der Waals surface area contributed by atoms with Crippen LogP contribution >= 0.6 is 0 Å². The molecule has 1 aromatic carbocycles. The highest BCUT2D eigenvalue weighted by Gasteiger charge is 2.13. The van der Waals surface area contributed by atoms with Crippen LogP contribution in [0.15, 0.2) is 39.9 Å². The Hall–Kier alpha value is -2.96. The number of hydrogen-bond donors (Lipinski definition) is 1. The van der Waals surface area contributed by atoms with Gasteiger partial charge in [-0.15, -0.1) is 0 Å². The first-order valence-electron chi connectivity index (χ1n) is 9.11. The molecule has 3 rings (SSSR count). The first-order chi connectivity index (χ1) is 13.2. The minimum atomic E-state index is -0.359. The van der Waals surface area contributed by atoms with E-state index in [4.69, 9.17) is 13.9 Å². The van der Waals surface area contributed by atoms with Gasteiger partial charge in [-0.2, -0.15) is 5.10 Å². The number of nitrogens with one attached hydrogen (secondary N) is 1. The molecule has 2 aromatic rings. The van der Waals surface area contributed by atoms with Gasteiger partial charge in [0.1, 0.15) is 17.3 Å². The molecule has 1 N–H and O–H groups in total. The molecule has 0 bridgehead atoms. The number of benzene rings is 1. The second kappa shape index (κ2) is 9.12. The first-order valence-corrected chi connectivity index (χ1v) is 9.11. The largest absolute Gasteiger partial charge is 0.497 e. The number of ether oxygens (including phenoxy) is 2. The number of amides is 1. The van der Waals surface area contributed by atoms with Crippen molar-refractivity contribution in [2.24, 2.45) is 5.10 Å². The molecule has 2 heterocycles. The smallest absolute Gasteiger partial charge is 0.271 e. The summed E-state index contributed by atoms with van der Waals surface area (Å²) in [6.45, 7) is 2.02. The number of nitrogens with zero attached hydrogens (tertiary/aromatic N) is 2. The third kappa shape index (κ3) is 5.03. The molecule has 1 fully saturated rings. The van der Waals surface area contributed by atoms with Gasteiger partial charge in [-0.1, -0.05) is 12.8 Å². The zero-order valence-corrected chi connectivity index (χ0v) is 15.7. The summed E-state index contributed by atoms with van der Waals surface area (Å²) in [7, 11) is 3.07. The molecule has 1 saturated heterocycles. The summed E-state index contributed by atoms with van der Waals surface area (Å²) < 4.78 is 16.2. The second-order valence-corrected chi connectivity index (χ2v) is 6.38. The second-order valence-electron chi connectivity index (χ2n) is 6.38. The van der Waals surface area contributed by atoms with Crippen molar-refractivity contribution in [2.75, 3.05) is 32.2 Å². The molecule has 0 unspecified atom stereocenters. The van der Waals surface area contributed by atoms with Crippen LogP contribution in [0.1, 0.15) is 41.8 Å². The Morgan fingerprint density at radius 2 is 1.74 bits per heavy atom. The minimum Gasteiger partial charge on any atom is -0.497 e. The van der Waals surface area contributed by atoms with Gasteiger partial charge in [0.2, 0.25) is 0 Å². The Bertz CT molecular complexity index is 770. The Morgan fingerprint density at radius 3 is 2.37 bits per heavy atom. The van der Waals surface area contributed by atoms with Gasteiger partial charge in [-0.25, -0.2) is 5.43 Å². The maximum Gasteiger partial charge on any atom is 0.271 e. The van der Waals surface area contributed by atoms with E-state index >= 15 is 0 Å². The van der Waals surface area contributed by atoms with E-state index < -0.39 is 0 Å². The number of rotatable bonds is 6. The molecule has 0 atom stereocenters. The molecule has 0 radical (unpaired) electrons. The van der Waals surface area contributed by atoms with Crippen LogP contribution < -0.4 is 19.8 Å². The average Bonchev–Trinajstić information content (AvgIpc) is 3.00. The van der Waals surface area contributed by atoms with E-state index in [9.17, 15) is 4.79 Å². The lowest BCUT2D eigenvalue weighted by atomic mass is 10.2. The topological polar surface area (TPSA) is 76.3 Å². The molecule has 0 saturated carbocycles. The van der Waals surface area contributed by atoms with Crippen LogP contribution in [0.4, 0.5) is 5.88 Å². The molecule has 7 nitrogen and oxygen atoms in total. The molecule has 27 heavy (non-hydrogen) atoms. The van der Waals surface area contributed by atoms with Crippen LogP contribution in [0.2, 0.25) is 0 Å². The van der Waals surface area contributed by atoms with Crippen LogP contribution in [0, 0.1) is 0 Å². The summed E-state index contributed by atoms with van der Waals surface area (Å²) in [5.41, 5.74) is 2.89. The molecule has 1 aliphatic rings. The molecular weight excluding hydrogens is 346 g/mol. The average molecular weight is 371 g/mol. The van der Waals surface area contributed by atoms with Gasteiger partial charge >= 0.3 is 0 Å². The summed E-state index contributed by atoms with van der Waals surface area (Å²) in [4.78, 5) is 14.5. The van der Waals surface area contributed by atoms with E-state index in [0.717, 1.165) is 19.0 Å². The third-order valence-electron chi connectivity index (χ3n) is 4.50. The molecule has 144 valence electrons. The molecule has 0 aliphatic carbocycles. The van der Waals surface area contributed by atoms with E-state index in [0.29, 0.717) is 22.8 Å². The van der Waals surface area contributed by atoms with E-state index in [1.165, 1.54) is 46.1 Å². The van der Waals surface area contributed by atoms with Gasteiger partial charge in [-0.3, -0.25) is 4.79 Å². The summed E-state index contributed by atoms with van der Waals surface area (Å²) in [6, 6.07) is 8.74. The SMILES string of the molecule is COc1cc(OC)cc(C(=O)N/N=C\c2ccc(N3CCCCCC3)o2)c1. The number of carbonyl (C=O) groups excluding carboxylic acids is 1. The lowest BCUT2D eigenvalue weighted by Crippen LogP contribution is -2.23. The number of anilines is 1. The lowest BCUT2D eigenvalue weighted by molar-refractivity contribution is 0.0954. The van der Waals surface area contributed by atoms with Crippen molar-refractivity contribution in [1.82, 2.24) is 5.43 Å². The van der Waals surface area contributed by atoms with E-state index in [1.807, 2.05) is 12.1 Å². The van der Waals surface area contributed by atoms with Gasteiger partial charge in [0.05, 0.1) is 20.4 Å². The maximum absolute atomic E-state index is 12.3. The summed E-state index contributed by atoms with van der Waals surface area (Å²) >= 11 is 0. The van der Waals surface area contributed by atoms with Gasteiger partial charge in [0, 0.05) is 30.8 Å². The van der Waals surface area contributed by atoms with Crippen LogP contribution in [0.3, 0.4) is 0 Å². The Labute approximate surface area is 158 Å². The van der Waals surface area contributed by atoms with Crippen molar-refractivity contribution in [1.29, 1.82) is 0 Å². The maximum atomic E-state index is 12.3. The highest BCUT2D eigenvalue weighted by Crippen LogP contribution is 2.23. The van der Waals surface area contributed by atoms with Crippen molar-refractivity contribution in [3.8, 4) is 11.5 Å². The van der Waals surface area contributed by atoms with E-state index in [2.05, 4.69) is 15.4 Å². The van der Waals surface area contributed by atoms with Gasteiger partial charge < -0.3 is 18.8 Å². The molecule has 1 aromatic heterocycles. The highest BCUT2D eigenvalue weighted by atomic mass is 16.5. The Morgan fingerprint density at radius 1 is 1.07 bits per heavy atom. The van der Waals surface area contributed by atoms with Crippen molar-refractivity contribution >= 4 is 18.0 Å². The molecule has 1 amide bonds. The summed E-state index contributed by atoms with van der Waals surface area (Å²) in [5.74, 6) is 2.16. The van der Waals surface area contributed by atoms with Crippen molar-refractivity contribution in [3.05, 3.63) is 41.7 Å². The summed E-state index contributed by atoms with van der Waals surface area (Å²) in [6.07, 6.45) is 6.41. The highest BCUT2D eigenvalue weighted by molar-refractivity contribution is 5.95. The number of carbonyl (C=O) groups is 1. The van der Waals surface area contributed by atoms with Crippen molar-refractivity contribution < 1.29 is 18.7 Å². The predicted molar refractivity (Wildman–Crippen MR) is 104 cm³/mol. The number of hydrogen-bond acceptors (Lipinski definition) is 6. The van der Waals surface area contributed by atoms with Crippen LogP contribution in [-0.4, -0.2) is 39.4 Å².